The minimum absolute atomic E-state index is 0.0717. The Morgan fingerprint density at radius 3 is 2.92 bits per heavy atom. The van der Waals surface area contributed by atoms with E-state index in [0.717, 1.165) is 12.1 Å². The van der Waals surface area contributed by atoms with Crippen LogP contribution in [-0.4, -0.2) is 48.1 Å². The predicted octanol–water partition coefficient (Wildman–Crippen LogP) is 1.70. The molecule has 1 aromatic carbocycles. The van der Waals surface area contributed by atoms with Crippen LogP contribution >= 0.6 is 0 Å². The summed E-state index contributed by atoms with van der Waals surface area (Å²) in [6.45, 7) is 0.643. The highest BCUT2D eigenvalue weighted by Gasteiger charge is 2.30. The second-order valence-electron chi connectivity index (χ2n) is 6.44. The van der Waals surface area contributed by atoms with Crippen molar-refractivity contribution < 1.29 is 23.9 Å². The Morgan fingerprint density at radius 2 is 2.15 bits per heavy atom. The number of nitrogens with zero attached hydrogens (tertiary/aromatic N) is 1. The van der Waals surface area contributed by atoms with Crippen LogP contribution in [0.25, 0.3) is 0 Å². The molecule has 1 aliphatic rings. The molecule has 0 radical (unpaired) electrons. The minimum Gasteiger partial charge on any atom is -0.390 e. The van der Waals surface area contributed by atoms with Crippen LogP contribution in [0.3, 0.4) is 0 Å². The molecule has 0 bridgehead atoms. The molecule has 26 heavy (non-hydrogen) atoms. The summed E-state index contributed by atoms with van der Waals surface area (Å²) in [5.74, 6) is 0.495. The summed E-state index contributed by atoms with van der Waals surface area (Å²) in [4.78, 5) is 12.1. The maximum Gasteiger partial charge on any atom is 0.251 e. The van der Waals surface area contributed by atoms with Crippen molar-refractivity contribution in [1.82, 2.24) is 10.5 Å². The maximum absolute atomic E-state index is 12.1. The number of nitrogens with one attached hydrogen (secondary N) is 1. The van der Waals surface area contributed by atoms with Crippen LogP contribution in [0.15, 0.2) is 40.9 Å². The Morgan fingerprint density at radius 1 is 1.35 bits per heavy atom. The van der Waals surface area contributed by atoms with Crippen LogP contribution in [0.5, 0.6) is 0 Å². The van der Waals surface area contributed by atoms with E-state index < -0.39 is 12.2 Å². The first-order valence-corrected chi connectivity index (χ1v) is 8.76. The molecular formula is C19H24N2O5. The smallest absolute Gasteiger partial charge is 0.251 e. The van der Waals surface area contributed by atoms with Crippen molar-refractivity contribution in [2.45, 2.75) is 44.2 Å². The molecule has 1 fully saturated rings. The van der Waals surface area contributed by atoms with E-state index in [-0.39, 0.29) is 18.6 Å². The molecule has 0 saturated carbocycles. The predicted molar refractivity (Wildman–Crippen MR) is 93.6 cm³/mol. The number of ether oxygens (including phenoxy) is 2. The van der Waals surface area contributed by atoms with E-state index in [9.17, 15) is 9.90 Å². The molecule has 0 spiro atoms. The lowest BCUT2D eigenvalue weighted by Crippen LogP contribution is -2.46. The number of amides is 1. The van der Waals surface area contributed by atoms with Crippen LogP contribution in [0.4, 0.5) is 0 Å². The molecule has 2 N–H and O–H groups in total. The van der Waals surface area contributed by atoms with Gasteiger partial charge in [0.2, 0.25) is 0 Å². The number of aliphatic hydroxyl groups excluding tert-OH is 1. The molecule has 2 heterocycles. The minimum atomic E-state index is -0.594. The summed E-state index contributed by atoms with van der Waals surface area (Å²) in [7, 11) is 1.60. The molecule has 7 heteroatoms. The third kappa shape index (κ3) is 4.91. The fourth-order valence-electron chi connectivity index (χ4n) is 3.06. The van der Waals surface area contributed by atoms with Gasteiger partial charge < -0.3 is 24.4 Å². The van der Waals surface area contributed by atoms with E-state index in [1.165, 1.54) is 0 Å². The van der Waals surface area contributed by atoms with Gasteiger partial charge in [-0.2, -0.15) is 0 Å². The van der Waals surface area contributed by atoms with Crippen LogP contribution < -0.4 is 5.32 Å². The molecule has 0 aliphatic carbocycles. The Kier molecular flexibility index (Phi) is 6.38. The standard InChI is InChI=1S/C19H24N2O5/c1-24-12-16-10-14(21-26-16)9-15-7-8-17(22)18(25-15)11-20-19(23)13-5-3-2-4-6-13/h2-6,10,15,17-18,22H,7-9,11-12H2,1H3,(H,20,23)/t15-,17-,18+/m0/s1. The average molecular weight is 360 g/mol. The molecule has 140 valence electrons. The lowest BCUT2D eigenvalue weighted by Gasteiger charge is -2.33. The van der Waals surface area contributed by atoms with E-state index in [0.29, 0.717) is 30.8 Å². The van der Waals surface area contributed by atoms with E-state index in [1.54, 1.807) is 19.2 Å². The summed E-state index contributed by atoms with van der Waals surface area (Å²) in [6, 6.07) is 10.8. The lowest BCUT2D eigenvalue weighted by atomic mass is 9.98. The highest BCUT2D eigenvalue weighted by atomic mass is 16.5. The van der Waals surface area contributed by atoms with Gasteiger partial charge in [0, 0.05) is 31.7 Å². The fourth-order valence-corrected chi connectivity index (χ4v) is 3.06. The molecule has 1 aromatic heterocycles. The number of methoxy groups -OCH3 is 1. The molecule has 1 saturated heterocycles. The van der Waals surface area contributed by atoms with Crippen molar-refractivity contribution in [3.05, 3.63) is 53.4 Å². The molecule has 1 aliphatic heterocycles. The van der Waals surface area contributed by atoms with E-state index in [1.807, 2.05) is 24.3 Å². The summed E-state index contributed by atoms with van der Waals surface area (Å²) in [6.07, 6.45) is 0.854. The Bertz CT molecular complexity index is 703. The Hall–Kier alpha value is -2.22. The summed E-state index contributed by atoms with van der Waals surface area (Å²) < 4.78 is 16.2. The molecule has 2 aromatic rings. The zero-order valence-electron chi connectivity index (χ0n) is 14.8. The third-order valence-electron chi connectivity index (χ3n) is 4.41. The number of benzene rings is 1. The first kappa shape index (κ1) is 18.6. The largest absolute Gasteiger partial charge is 0.390 e. The molecular weight excluding hydrogens is 336 g/mol. The van der Waals surface area contributed by atoms with Gasteiger partial charge in [-0.05, 0) is 25.0 Å². The second kappa shape index (κ2) is 8.93. The topological polar surface area (TPSA) is 93.8 Å². The summed E-state index contributed by atoms with van der Waals surface area (Å²) in [5, 5.41) is 17.0. The van der Waals surface area contributed by atoms with Gasteiger partial charge in [-0.15, -0.1) is 0 Å². The first-order chi connectivity index (χ1) is 12.7. The van der Waals surface area contributed by atoms with Crippen molar-refractivity contribution in [2.75, 3.05) is 13.7 Å². The molecule has 7 nitrogen and oxygen atoms in total. The van der Waals surface area contributed by atoms with Gasteiger partial charge in [-0.25, -0.2) is 0 Å². The van der Waals surface area contributed by atoms with Crippen molar-refractivity contribution in [3.63, 3.8) is 0 Å². The average Bonchev–Trinajstić information content (AvgIpc) is 3.10. The SMILES string of the molecule is COCc1cc(C[C@@H]2CC[C@H](O)[C@@H](CNC(=O)c3ccccc3)O2)no1. The number of aliphatic hydroxyl groups is 1. The number of carbonyl (C=O) groups excluding carboxylic acids is 1. The zero-order chi connectivity index (χ0) is 18.4. The maximum atomic E-state index is 12.1. The Labute approximate surface area is 152 Å². The number of carbonyl (C=O) groups is 1. The van der Waals surface area contributed by atoms with Crippen molar-refractivity contribution in [2.24, 2.45) is 0 Å². The summed E-state index contributed by atoms with van der Waals surface area (Å²) >= 11 is 0. The quantitative estimate of drug-likeness (QED) is 0.781. The number of aromatic nitrogens is 1. The van der Waals surface area contributed by atoms with Gasteiger partial charge in [-0.3, -0.25) is 4.79 Å². The van der Waals surface area contributed by atoms with Gasteiger partial charge in [-0.1, -0.05) is 23.4 Å². The van der Waals surface area contributed by atoms with E-state index >= 15 is 0 Å². The monoisotopic (exact) mass is 360 g/mol. The van der Waals surface area contributed by atoms with Crippen LogP contribution in [0.1, 0.15) is 34.7 Å². The van der Waals surface area contributed by atoms with Gasteiger partial charge in [0.25, 0.3) is 5.91 Å². The van der Waals surface area contributed by atoms with Crippen LogP contribution in [0.2, 0.25) is 0 Å². The highest BCUT2D eigenvalue weighted by molar-refractivity contribution is 5.94. The van der Waals surface area contributed by atoms with Gasteiger partial charge in [0.15, 0.2) is 5.76 Å². The highest BCUT2D eigenvalue weighted by Crippen LogP contribution is 2.22. The van der Waals surface area contributed by atoms with Crippen molar-refractivity contribution in [1.29, 1.82) is 0 Å². The fraction of sp³-hybridized carbons (Fsp3) is 0.474. The molecule has 3 atom stereocenters. The Balaban J connectivity index is 1.51. The number of hydrogen-bond acceptors (Lipinski definition) is 6. The third-order valence-corrected chi connectivity index (χ3v) is 4.41. The number of hydrogen-bond donors (Lipinski definition) is 2. The molecule has 0 unspecified atom stereocenters. The first-order valence-electron chi connectivity index (χ1n) is 8.76. The second-order valence-corrected chi connectivity index (χ2v) is 6.44. The zero-order valence-corrected chi connectivity index (χ0v) is 14.8. The van der Waals surface area contributed by atoms with Gasteiger partial charge >= 0.3 is 0 Å². The van der Waals surface area contributed by atoms with Gasteiger partial charge in [0.1, 0.15) is 12.7 Å². The molecule has 1 amide bonds. The van der Waals surface area contributed by atoms with E-state index in [4.69, 9.17) is 14.0 Å². The van der Waals surface area contributed by atoms with Crippen molar-refractivity contribution in [3.8, 4) is 0 Å². The normalized spacial score (nSPS) is 22.9. The summed E-state index contributed by atoms with van der Waals surface area (Å²) in [5.41, 5.74) is 1.38. The van der Waals surface area contributed by atoms with Crippen LogP contribution in [-0.2, 0) is 22.5 Å². The van der Waals surface area contributed by atoms with Gasteiger partial charge in [0.05, 0.1) is 17.9 Å². The number of rotatable bonds is 7. The van der Waals surface area contributed by atoms with Crippen molar-refractivity contribution >= 4 is 5.91 Å². The van der Waals surface area contributed by atoms with E-state index in [2.05, 4.69) is 10.5 Å². The lowest BCUT2D eigenvalue weighted by molar-refractivity contribution is -0.114. The molecule has 3 rings (SSSR count). The van der Waals surface area contributed by atoms with Crippen LogP contribution in [0, 0.1) is 0 Å².